The number of aliphatic hydroxyl groups is 1. The van der Waals surface area contributed by atoms with Crippen molar-refractivity contribution < 1.29 is 9.90 Å². The quantitative estimate of drug-likeness (QED) is 0.535. The van der Waals surface area contributed by atoms with E-state index in [-0.39, 0.29) is 11.4 Å². The van der Waals surface area contributed by atoms with E-state index in [1.165, 1.54) is 0 Å². The van der Waals surface area contributed by atoms with Gasteiger partial charge in [-0.1, -0.05) is 0 Å². The van der Waals surface area contributed by atoms with Crippen LogP contribution in [0, 0.1) is 0 Å². The smallest absolute Gasteiger partial charge is 0.224 e. The van der Waals surface area contributed by atoms with Crippen LogP contribution < -0.4 is 5.32 Å². The van der Waals surface area contributed by atoms with Crippen LogP contribution in [-0.4, -0.2) is 34.3 Å². The van der Waals surface area contributed by atoms with Crippen molar-refractivity contribution in [1.29, 1.82) is 0 Å². The van der Waals surface area contributed by atoms with Crippen molar-refractivity contribution in [3.8, 4) is 0 Å². The van der Waals surface area contributed by atoms with Crippen molar-refractivity contribution in [2.24, 2.45) is 0 Å². The van der Waals surface area contributed by atoms with E-state index in [4.69, 9.17) is 0 Å². The first-order valence-corrected chi connectivity index (χ1v) is 4.15. The Labute approximate surface area is 72.6 Å². The fourth-order valence-electron chi connectivity index (χ4n) is 1.34. The van der Waals surface area contributed by atoms with Crippen LogP contribution in [0.4, 0.5) is 0 Å². The topological polar surface area (TPSA) is 52.6 Å². The van der Waals surface area contributed by atoms with Crippen LogP contribution in [0.5, 0.6) is 0 Å². The van der Waals surface area contributed by atoms with Gasteiger partial charge in [0.15, 0.2) is 6.35 Å². The van der Waals surface area contributed by atoms with Crippen LogP contribution in [0.15, 0.2) is 0 Å². The van der Waals surface area contributed by atoms with E-state index in [2.05, 4.69) is 5.32 Å². The zero-order valence-corrected chi connectivity index (χ0v) is 7.79. The third kappa shape index (κ3) is 1.95. The lowest BCUT2D eigenvalue weighted by molar-refractivity contribution is -0.143. The second-order valence-corrected chi connectivity index (χ2v) is 4.06. The summed E-state index contributed by atoms with van der Waals surface area (Å²) in [6.07, 6.45) is -0.361. The van der Waals surface area contributed by atoms with Gasteiger partial charge in [0.2, 0.25) is 5.91 Å². The van der Waals surface area contributed by atoms with Crippen LogP contribution in [0.25, 0.3) is 0 Å². The molecule has 0 bridgehead atoms. The van der Waals surface area contributed by atoms with Gasteiger partial charge in [-0.3, -0.25) is 9.69 Å². The first-order valence-electron chi connectivity index (χ1n) is 4.15. The van der Waals surface area contributed by atoms with E-state index in [0.717, 1.165) is 0 Å². The summed E-state index contributed by atoms with van der Waals surface area (Å²) < 4.78 is 0. The molecule has 2 N–H and O–H groups in total. The van der Waals surface area contributed by atoms with E-state index in [9.17, 15) is 9.90 Å². The highest BCUT2D eigenvalue weighted by atomic mass is 16.3. The second kappa shape index (κ2) is 3.03. The summed E-state index contributed by atoms with van der Waals surface area (Å²) in [5.41, 5.74) is -0.104. The minimum atomic E-state index is -0.828. The normalized spacial score (nSPS) is 27.0. The molecule has 4 nitrogen and oxygen atoms in total. The maximum Gasteiger partial charge on any atom is 0.224 e. The molecule has 1 saturated heterocycles. The van der Waals surface area contributed by atoms with E-state index in [0.29, 0.717) is 13.0 Å². The second-order valence-electron chi connectivity index (χ2n) is 4.06. The fraction of sp³-hybridized carbons (Fsp3) is 0.875. The molecule has 1 atom stereocenters. The molecule has 0 saturated carbocycles. The highest BCUT2D eigenvalue weighted by Crippen LogP contribution is 2.17. The highest BCUT2D eigenvalue weighted by Gasteiger charge is 2.31. The Kier molecular flexibility index (Phi) is 2.39. The number of carbonyl (C=O) groups excluding carboxylic acids is 1. The number of carbonyl (C=O) groups is 1. The minimum absolute atomic E-state index is 0.0806. The number of aliphatic hydroxyl groups excluding tert-OH is 1. The molecule has 0 spiro atoms. The summed E-state index contributed by atoms with van der Waals surface area (Å²) in [5.74, 6) is -0.0806. The number of nitrogens with zero attached hydrogens (tertiary/aromatic N) is 1. The molecule has 0 radical (unpaired) electrons. The van der Waals surface area contributed by atoms with Gasteiger partial charge in [0.05, 0.1) is 0 Å². The van der Waals surface area contributed by atoms with Crippen molar-refractivity contribution in [2.45, 2.75) is 39.1 Å². The standard InChI is InChI=1S/C8H16N2O2/c1-8(2,3)10-5-4-6(11)9-7(10)12/h7,12H,4-5H2,1-3H3,(H,9,11). The van der Waals surface area contributed by atoms with Gasteiger partial charge in [0.25, 0.3) is 0 Å². The molecule has 1 aliphatic heterocycles. The zero-order chi connectivity index (χ0) is 9.35. The van der Waals surface area contributed by atoms with Crippen molar-refractivity contribution in [1.82, 2.24) is 10.2 Å². The third-order valence-electron chi connectivity index (χ3n) is 2.03. The molecule has 0 aromatic heterocycles. The Morgan fingerprint density at radius 2 is 2.17 bits per heavy atom. The zero-order valence-electron chi connectivity index (χ0n) is 7.79. The van der Waals surface area contributed by atoms with E-state index < -0.39 is 6.35 Å². The third-order valence-corrected chi connectivity index (χ3v) is 2.03. The molecule has 12 heavy (non-hydrogen) atoms. The molecule has 0 aromatic rings. The Hall–Kier alpha value is -0.610. The summed E-state index contributed by atoms with van der Waals surface area (Å²) in [5, 5.41) is 11.9. The Balaban J connectivity index is 2.62. The fourth-order valence-corrected chi connectivity index (χ4v) is 1.34. The van der Waals surface area contributed by atoms with Gasteiger partial charge in [-0.05, 0) is 20.8 Å². The largest absolute Gasteiger partial charge is 0.361 e. The van der Waals surface area contributed by atoms with Crippen LogP contribution >= 0.6 is 0 Å². The van der Waals surface area contributed by atoms with Crippen LogP contribution in [0.1, 0.15) is 27.2 Å². The minimum Gasteiger partial charge on any atom is -0.361 e. The molecule has 4 heteroatoms. The van der Waals surface area contributed by atoms with Crippen molar-refractivity contribution in [3.63, 3.8) is 0 Å². The van der Waals surface area contributed by atoms with Crippen LogP contribution in [0.2, 0.25) is 0 Å². The Morgan fingerprint density at radius 3 is 2.58 bits per heavy atom. The van der Waals surface area contributed by atoms with E-state index >= 15 is 0 Å². The Bertz CT molecular complexity index is 186. The molecular weight excluding hydrogens is 156 g/mol. The van der Waals surface area contributed by atoms with Gasteiger partial charge >= 0.3 is 0 Å². The van der Waals surface area contributed by atoms with Gasteiger partial charge in [-0.2, -0.15) is 0 Å². The lowest BCUT2D eigenvalue weighted by Gasteiger charge is -2.41. The van der Waals surface area contributed by atoms with Gasteiger partial charge in [-0.15, -0.1) is 0 Å². The molecule has 1 rings (SSSR count). The summed E-state index contributed by atoms with van der Waals surface area (Å²) in [6, 6.07) is 0. The predicted octanol–water partition coefficient (Wildman–Crippen LogP) is -0.117. The van der Waals surface area contributed by atoms with Crippen molar-refractivity contribution in [3.05, 3.63) is 0 Å². The Morgan fingerprint density at radius 1 is 1.58 bits per heavy atom. The van der Waals surface area contributed by atoms with E-state index in [1.807, 2.05) is 25.7 Å². The molecule has 1 heterocycles. The molecule has 0 aliphatic carbocycles. The maximum atomic E-state index is 10.8. The average Bonchev–Trinajstić information content (AvgIpc) is 1.83. The van der Waals surface area contributed by atoms with E-state index in [1.54, 1.807) is 0 Å². The predicted molar refractivity (Wildman–Crippen MR) is 45.2 cm³/mol. The number of hydrogen-bond acceptors (Lipinski definition) is 3. The van der Waals surface area contributed by atoms with Crippen molar-refractivity contribution in [2.75, 3.05) is 6.54 Å². The molecule has 1 fully saturated rings. The van der Waals surface area contributed by atoms with Crippen LogP contribution in [0.3, 0.4) is 0 Å². The monoisotopic (exact) mass is 172 g/mol. The maximum absolute atomic E-state index is 10.8. The lowest BCUT2D eigenvalue weighted by Crippen LogP contribution is -2.60. The average molecular weight is 172 g/mol. The van der Waals surface area contributed by atoms with Gasteiger partial charge in [-0.25, -0.2) is 0 Å². The molecule has 0 aromatic carbocycles. The van der Waals surface area contributed by atoms with Crippen molar-refractivity contribution >= 4 is 5.91 Å². The highest BCUT2D eigenvalue weighted by molar-refractivity contribution is 5.76. The molecular formula is C8H16N2O2. The molecule has 1 amide bonds. The lowest BCUT2D eigenvalue weighted by atomic mass is 10.1. The van der Waals surface area contributed by atoms with Gasteiger partial charge in [0.1, 0.15) is 0 Å². The number of nitrogens with one attached hydrogen (secondary N) is 1. The summed E-state index contributed by atoms with van der Waals surface area (Å²) >= 11 is 0. The SMILES string of the molecule is CC(C)(C)N1CCC(=O)NC1O. The molecule has 1 aliphatic rings. The molecule has 70 valence electrons. The number of hydrogen-bond donors (Lipinski definition) is 2. The number of amides is 1. The van der Waals surface area contributed by atoms with Gasteiger partial charge in [0, 0.05) is 18.5 Å². The first kappa shape index (κ1) is 9.48. The van der Waals surface area contributed by atoms with Gasteiger partial charge < -0.3 is 10.4 Å². The summed E-state index contributed by atoms with van der Waals surface area (Å²) in [7, 11) is 0. The summed E-state index contributed by atoms with van der Waals surface area (Å²) in [6.45, 7) is 6.64. The number of rotatable bonds is 0. The summed E-state index contributed by atoms with van der Waals surface area (Å²) in [4.78, 5) is 12.7. The van der Waals surface area contributed by atoms with Crippen LogP contribution in [-0.2, 0) is 4.79 Å². The molecule has 1 unspecified atom stereocenters. The first-order chi connectivity index (χ1) is 5.41.